The summed E-state index contributed by atoms with van der Waals surface area (Å²) in [6.45, 7) is 19.2. The fourth-order valence-electron chi connectivity index (χ4n) is 2.20. The van der Waals surface area contributed by atoms with Gasteiger partial charge >= 0.3 is 5.97 Å². The Bertz CT molecular complexity index is 270. The molecule has 0 spiro atoms. The highest BCUT2D eigenvalue weighted by atomic mass is 16.6. The summed E-state index contributed by atoms with van der Waals surface area (Å²) in [4.78, 5) is 16.7. The van der Waals surface area contributed by atoms with Crippen LogP contribution in [0.25, 0.3) is 0 Å². The van der Waals surface area contributed by atoms with Crippen LogP contribution >= 0.6 is 0 Å². The number of esters is 1. The van der Waals surface area contributed by atoms with E-state index < -0.39 is 5.60 Å². The third kappa shape index (κ3) is 7.85. The minimum absolute atomic E-state index is 0.123. The van der Waals surface area contributed by atoms with Crippen molar-refractivity contribution in [3.05, 3.63) is 0 Å². The first-order valence-electron chi connectivity index (χ1n) is 7.94. The van der Waals surface area contributed by atoms with Gasteiger partial charge in [-0.15, -0.1) is 0 Å². The van der Waals surface area contributed by atoms with Gasteiger partial charge in [-0.2, -0.15) is 0 Å². The third-order valence-corrected chi connectivity index (χ3v) is 3.52. The van der Waals surface area contributed by atoms with E-state index in [4.69, 9.17) is 4.74 Å². The Morgan fingerprint density at radius 1 is 1.05 bits per heavy atom. The van der Waals surface area contributed by atoms with Gasteiger partial charge in [0, 0.05) is 6.54 Å². The summed E-state index contributed by atoms with van der Waals surface area (Å²) in [6, 6.07) is -0.170. The highest BCUT2D eigenvalue weighted by Crippen LogP contribution is 2.11. The van der Waals surface area contributed by atoms with E-state index in [1.165, 1.54) is 0 Å². The number of carbonyl (C=O) groups excluding carboxylic acids is 1. The molecule has 0 rings (SSSR count). The van der Waals surface area contributed by atoms with Crippen molar-refractivity contribution < 1.29 is 9.53 Å². The zero-order valence-electron chi connectivity index (χ0n) is 14.5. The number of rotatable bonds is 9. The summed E-state index contributed by atoms with van der Waals surface area (Å²) in [5.74, 6) is -0.123. The molecule has 120 valence electrons. The van der Waals surface area contributed by atoms with E-state index in [9.17, 15) is 4.79 Å². The Hall–Kier alpha value is -0.610. The lowest BCUT2D eigenvalue weighted by Gasteiger charge is -2.30. The van der Waals surface area contributed by atoms with Gasteiger partial charge in [0.2, 0.25) is 0 Å². The summed E-state index contributed by atoms with van der Waals surface area (Å²) >= 11 is 0. The predicted molar refractivity (Wildman–Crippen MR) is 85.0 cm³/mol. The van der Waals surface area contributed by atoms with Crippen LogP contribution in [0, 0.1) is 0 Å². The molecule has 0 saturated heterocycles. The molecule has 0 bridgehead atoms. The molecule has 0 heterocycles. The molecule has 0 radical (unpaired) electrons. The van der Waals surface area contributed by atoms with Crippen molar-refractivity contribution in [2.24, 2.45) is 0 Å². The molecule has 0 aromatic carbocycles. The average molecular weight is 286 g/mol. The van der Waals surface area contributed by atoms with Gasteiger partial charge in [-0.25, -0.2) is 0 Å². The highest BCUT2D eigenvalue weighted by molar-refractivity contribution is 5.75. The molecule has 0 N–H and O–H groups in total. The fourth-order valence-corrected chi connectivity index (χ4v) is 2.20. The van der Waals surface area contributed by atoms with Crippen LogP contribution in [0.2, 0.25) is 0 Å². The molecule has 0 saturated carbocycles. The summed E-state index contributed by atoms with van der Waals surface area (Å²) in [6.07, 6.45) is 1.09. The minimum Gasteiger partial charge on any atom is -0.459 e. The molecule has 1 unspecified atom stereocenters. The average Bonchev–Trinajstić information content (AvgIpc) is 2.36. The summed E-state index contributed by atoms with van der Waals surface area (Å²) in [7, 11) is 0. The van der Waals surface area contributed by atoms with E-state index in [1.54, 1.807) is 0 Å². The van der Waals surface area contributed by atoms with Crippen LogP contribution in [-0.4, -0.2) is 60.1 Å². The lowest BCUT2D eigenvalue weighted by molar-refractivity contribution is -0.160. The molecule has 20 heavy (non-hydrogen) atoms. The molecule has 0 aromatic heterocycles. The molecular formula is C16H34N2O2. The van der Waals surface area contributed by atoms with Crippen LogP contribution in [-0.2, 0) is 9.53 Å². The lowest BCUT2D eigenvalue weighted by Crippen LogP contribution is -2.43. The molecule has 0 aromatic rings. The van der Waals surface area contributed by atoms with E-state index in [1.807, 2.05) is 27.7 Å². The second kappa shape index (κ2) is 9.35. The van der Waals surface area contributed by atoms with Crippen LogP contribution in [0.5, 0.6) is 0 Å². The number of hydrogen-bond donors (Lipinski definition) is 0. The second-order valence-corrected chi connectivity index (χ2v) is 6.22. The van der Waals surface area contributed by atoms with Crippen LogP contribution in [0.15, 0.2) is 0 Å². The van der Waals surface area contributed by atoms with Gasteiger partial charge in [0.1, 0.15) is 11.6 Å². The Morgan fingerprint density at radius 2 is 1.60 bits per heavy atom. The van der Waals surface area contributed by atoms with Gasteiger partial charge in [0.25, 0.3) is 0 Å². The van der Waals surface area contributed by atoms with E-state index in [-0.39, 0.29) is 12.0 Å². The monoisotopic (exact) mass is 286 g/mol. The first-order valence-corrected chi connectivity index (χ1v) is 7.94. The van der Waals surface area contributed by atoms with Gasteiger partial charge in [-0.3, -0.25) is 9.69 Å². The standard InChI is InChI=1S/C16H34N2O2/c1-8-17(9-2)12-11-13-18(10-3)14(4)15(19)20-16(5,6)7/h14H,8-13H2,1-7H3. The Kier molecular flexibility index (Phi) is 9.06. The predicted octanol–water partition coefficient (Wildman–Crippen LogP) is 2.77. The van der Waals surface area contributed by atoms with Crippen LogP contribution in [0.1, 0.15) is 54.9 Å². The molecule has 0 fully saturated rings. The van der Waals surface area contributed by atoms with Crippen LogP contribution < -0.4 is 0 Å². The molecule has 0 aliphatic carbocycles. The van der Waals surface area contributed by atoms with Crippen molar-refractivity contribution in [1.29, 1.82) is 0 Å². The Balaban J connectivity index is 4.27. The first-order chi connectivity index (χ1) is 9.25. The largest absolute Gasteiger partial charge is 0.459 e. The maximum absolute atomic E-state index is 12.1. The van der Waals surface area contributed by atoms with Gasteiger partial charge < -0.3 is 9.64 Å². The lowest BCUT2D eigenvalue weighted by atomic mass is 10.2. The fraction of sp³-hybridized carbons (Fsp3) is 0.938. The molecule has 4 nitrogen and oxygen atoms in total. The molecule has 4 heteroatoms. The van der Waals surface area contributed by atoms with Crippen molar-refractivity contribution in [3.63, 3.8) is 0 Å². The zero-order valence-corrected chi connectivity index (χ0v) is 14.5. The minimum atomic E-state index is -0.411. The molecule has 0 amide bonds. The summed E-state index contributed by atoms with van der Waals surface area (Å²) in [5, 5.41) is 0. The number of likely N-dealkylation sites (N-methyl/N-ethyl adjacent to an activating group) is 1. The third-order valence-electron chi connectivity index (χ3n) is 3.52. The molecule has 1 atom stereocenters. The number of nitrogens with zero attached hydrogens (tertiary/aromatic N) is 2. The molecular weight excluding hydrogens is 252 g/mol. The number of carbonyl (C=O) groups is 1. The van der Waals surface area contributed by atoms with E-state index in [0.717, 1.165) is 39.1 Å². The SMILES string of the molecule is CCN(CC)CCCN(CC)C(C)C(=O)OC(C)(C)C. The molecule has 0 aliphatic rings. The normalized spacial score (nSPS) is 13.8. The van der Waals surface area contributed by atoms with Gasteiger partial charge in [-0.1, -0.05) is 20.8 Å². The van der Waals surface area contributed by atoms with Crippen molar-refractivity contribution in [3.8, 4) is 0 Å². The van der Waals surface area contributed by atoms with Gasteiger partial charge in [-0.05, 0) is 60.3 Å². The second-order valence-electron chi connectivity index (χ2n) is 6.22. The van der Waals surface area contributed by atoms with Crippen LogP contribution in [0.4, 0.5) is 0 Å². The quantitative estimate of drug-likeness (QED) is 0.610. The maximum Gasteiger partial charge on any atom is 0.323 e. The van der Waals surface area contributed by atoms with Crippen molar-refractivity contribution in [2.75, 3.05) is 32.7 Å². The molecule has 0 aliphatic heterocycles. The number of hydrogen-bond acceptors (Lipinski definition) is 4. The van der Waals surface area contributed by atoms with E-state index in [0.29, 0.717) is 0 Å². The maximum atomic E-state index is 12.1. The van der Waals surface area contributed by atoms with Gasteiger partial charge in [0.05, 0.1) is 0 Å². The summed E-state index contributed by atoms with van der Waals surface area (Å²) in [5.41, 5.74) is -0.411. The van der Waals surface area contributed by atoms with Crippen molar-refractivity contribution >= 4 is 5.97 Å². The van der Waals surface area contributed by atoms with Crippen molar-refractivity contribution in [1.82, 2.24) is 9.80 Å². The Labute approximate surface area is 125 Å². The summed E-state index contributed by atoms with van der Waals surface area (Å²) < 4.78 is 5.46. The van der Waals surface area contributed by atoms with E-state index in [2.05, 4.69) is 30.6 Å². The first kappa shape index (κ1) is 19.4. The van der Waals surface area contributed by atoms with E-state index >= 15 is 0 Å². The zero-order chi connectivity index (χ0) is 15.8. The topological polar surface area (TPSA) is 32.8 Å². The van der Waals surface area contributed by atoms with Crippen LogP contribution in [0.3, 0.4) is 0 Å². The Morgan fingerprint density at radius 3 is 2.00 bits per heavy atom. The van der Waals surface area contributed by atoms with Gasteiger partial charge in [0.15, 0.2) is 0 Å². The highest BCUT2D eigenvalue weighted by Gasteiger charge is 2.25. The smallest absolute Gasteiger partial charge is 0.323 e. The van der Waals surface area contributed by atoms with Crippen molar-refractivity contribution in [2.45, 2.75) is 66.5 Å². The number of ether oxygens (including phenoxy) is 1.